The fourth-order valence-electron chi connectivity index (χ4n) is 2.21. The van der Waals surface area contributed by atoms with Crippen LogP contribution >= 0.6 is 0 Å². The first-order valence-corrected chi connectivity index (χ1v) is 7.33. The Kier molecular flexibility index (Phi) is 6.65. The number of hydrogen-bond donors (Lipinski definition) is 2. The van der Waals surface area contributed by atoms with Gasteiger partial charge in [-0.2, -0.15) is 0 Å². The number of nitrogens with one attached hydrogen (secondary N) is 1. The summed E-state index contributed by atoms with van der Waals surface area (Å²) >= 11 is 0. The summed E-state index contributed by atoms with van der Waals surface area (Å²) in [4.78, 5) is 2.26. The standard InChI is InChI=1S/C16H26FN3/c1-4-5-6-10-20(12(2)3)11-13-8-7-9-14(15(13)17)16(18)19/h7-9,12H,4-6,10-11H2,1-3H3,(H3,18,19). The fourth-order valence-corrected chi connectivity index (χ4v) is 2.21. The number of hydrogen-bond acceptors (Lipinski definition) is 2. The second-order valence-corrected chi connectivity index (χ2v) is 5.46. The highest BCUT2D eigenvalue weighted by Crippen LogP contribution is 2.16. The normalized spacial score (nSPS) is 11.3. The highest BCUT2D eigenvalue weighted by atomic mass is 19.1. The Balaban J connectivity index is 2.83. The van der Waals surface area contributed by atoms with Crippen molar-refractivity contribution in [3.8, 4) is 0 Å². The van der Waals surface area contributed by atoms with E-state index < -0.39 is 0 Å². The van der Waals surface area contributed by atoms with E-state index in [1.54, 1.807) is 18.2 Å². The summed E-state index contributed by atoms with van der Waals surface area (Å²) in [5, 5.41) is 7.40. The van der Waals surface area contributed by atoms with E-state index >= 15 is 0 Å². The van der Waals surface area contributed by atoms with Crippen LogP contribution in [0.2, 0.25) is 0 Å². The largest absolute Gasteiger partial charge is 0.384 e. The summed E-state index contributed by atoms with van der Waals surface area (Å²) in [5.41, 5.74) is 6.21. The van der Waals surface area contributed by atoms with Crippen LogP contribution in [-0.4, -0.2) is 23.3 Å². The van der Waals surface area contributed by atoms with Crippen molar-refractivity contribution in [3.05, 3.63) is 35.1 Å². The lowest BCUT2D eigenvalue weighted by Gasteiger charge is -2.27. The lowest BCUT2D eigenvalue weighted by molar-refractivity contribution is 0.206. The first-order chi connectivity index (χ1) is 9.47. The minimum Gasteiger partial charge on any atom is -0.384 e. The molecule has 0 aliphatic heterocycles. The molecule has 0 unspecified atom stereocenters. The van der Waals surface area contributed by atoms with E-state index in [2.05, 4.69) is 25.7 Å². The first-order valence-electron chi connectivity index (χ1n) is 7.33. The van der Waals surface area contributed by atoms with Crippen molar-refractivity contribution in [3.63, 3.8) is 0 Å². The molecule has 3 nitrogen and oxygen atoms in total. The zero-order chi connectivity index (χ0) is 15.1. The molecule has 0 amide bonds. The van der Waals surface area contributed by atoms with Crippen molar-refractivity contribution >= 4 is 5.84 Å². The molecule has 112 valence electrons. The minimum absolute atomic E-state index is 0.194. The van der Waals surface area contributed by atoms with Crippen LogP contribution in [0.1, 0.15) is 51.2 Å². The summed E-state index contributed by atoms with van der Waals surface area (Å²) in [6, 6.07) is 5.46. The minimum atomic E-state index is -0.360. The Morgan fingerprint density at radius 3 is 2.60 bits per heavy atom. The monoisotopic (exact) mass is 279 g/mol. The molecule has 4 heteroatoms. The van der Waals surface area contributed by atoms with E-state index in [0.717, 1.165) is 13.0 Å². The van der Waals surface area contributed by atoms with Gasteiger partial charge in [0.1, 0.15) is 11.7 Å². The number of rotatable bonds is 8. The summed E-state index contributed by atoms with van der Waals surface area (Å²) in [5.74, 6) is -0.576. The number of unbranched alkanes of at least 4 members (excludes halogenated alkanes) is 2. The highest BCUT2D eigenvalue weighted by molar-refractivity contribution is 5.95. The predicted molar refractivity (Wildman–Crippen MR) is 82.5 cm³/mol. The van der Waals surface area contributed by atoms with Gasteiger partial charge in [-0.1, -0.05) is 31.9 Å². The van der Waals surface area contributed by atoms with Crippen molar-refractivity contribution in [2.45, 2.75) is 52.6 Å². The molecule has 0 aromatic heterocycles. The Bertz CT molecular complexity index is 443. The van der Waals surface area contributed by atoms with Crippen molar-refractivity contribution in [1.82, 2.24) is 4.90 Å². The van der Waals surface area contributed by atoms with Crippen molar-refractivity contribution in [2.24, 2.45) is 5.73 Å². The van der Waals surface area contributed by atoms with Crippen LogP contribution in [-0.2, 0) is 6.54 Å². The zero-order valence-electron chi connectivity index (χ0n) is 12.7. The van der Waals surface area contributed by atoms with Crippen LogP contribution in [0.25, 0.3) is 0 Å². The average Bonchev–Trinajstić information content (AvgIpc) is 2.39. The molecular weight excluding hydrogens is 253 g/mol. The molecule has 1 aromatic rings. The summed E-state index contributed by atoms with van der Waals surface area (Å²) in [6.45, 7) is 7.96. The number of benzene rings is 1. The summed E-state index contributed by atoms with van der Waals surface area (Å²) in [6.07, 6.45) is 3.50. The molecular formula is C16H26FN3. The first kappa shape index (κ1) is 16.6. The van der Waals surface area contributed by atoms with Gasteiger partial charge >= 0.3 is 0 Å². The lowest BCUT2D eigenvalue weighted by Crippen LogP contribution is -2.32. The quantitative estimate of drug-likeness (QED) is 0.434. The van der Waals surface area contributed by atoms with Crippen LogP contribution in [0, 0.1) is 11.2 Å². The molecule has 0 atom stereocenters. The third-order valence-electron chi connectivity index (χ3n) is 3.52. The molecule has 20 heavy (non-hydrogen) atoms. The Labute approximate surface area is 121 Å². The molecule has 0 saturated carbocycles. The number of nitrogens with zero attached hydrogens (tertiary/aromatic N) is 1. The molecule has 0 saturated heterocycles. The fraction of sp³-hybridized carbons (Fsp3) is 0.562. The van der Waals surface area contributed by atoms with Crippen LogP contribution in [0.4, 0.5) is 4.39 Å². The molecule has 0 bridgehead atoms. The lowest BCUT2D eigenvalue weighted by atomic mass is 10.1. The van der Waals surface area contributed by atoms with Crippen molar-refractivity contribution in [1.29, 1.82) is 5.41 Å². The van der Waals surface area contributed by atoms with E-state index in [1.165, 1.54) is 12.8 Å². The zero-order valence-corrected chi connectivity index (χ0v) is 12.7. The van der Waals surface area contributed by atoms with Crippen LogP contribution < -0.4 is 5.73 Å². The highest BCUT2D eigenvalue weighted by Gasteiger charge is 2.15. The maximum atomic E-state index is 14.3. The number of nitrogen functional groups attached to an aromatic ring is 1. The van der Waals surface area contributed by atoms with Crippen LogP contribution in [0.5, 0.6) is 0 Å². The molecule has 0 radical (unpaired) electrons. The van der Waals surface area contributed by atoms with E-state index in [1.807, 2.05) is 0 Å². The van der Waals surface area contributed by atoms with Gasteiger partial charge in [0.25, 0.3) is 0 Å². The number of halogens is 1. The molecule has 3 N–H and O–H groups in total. The van der Waals surface area contributed by atoms with Gasteiger partial charge < -0.3 is 5.73 Å². The predicted octanol–water partition coefficient (Wildman–Crippen LogP) is 3.51. The van der Waals surface area contributed by atoms with Gasteiger partial charge in [0.2, 0.25) is 0 Å². The second-order valence-electron chi connectivity index (χ2n) is 5.46. The number of amidine groups is 1. The topological polar surface area (TPSA) is 53.1 Å². The average molecular weight is 279 g/mol. The van der Waals surface area contributed by atoms with Crippen molar-refractivity contribution in [2.75, 3.05) is 6.54 Å². The van der Waals surface area contributed by atoms with Gasteiger partial charge in [-0.05, 0) is 32.9 Å². The maximum absolute atomic E-state index is 14.3. The second kappa shape index (κ2) is 8.00. The third-order valence-corrected chi connectivity index (χ3v) is 3.52. The van der Waals surface area contributed by atoms with Gasteiger partial charge in [-0.25, -0.2) is 4.39 Å². The smallest absolute Gasteiger partial charge is 0.138 e. The Morgan fingerprint density at radius 2 is 2.05 bits per heavy atom. The summed E-state index contributed by atoms with van der Waals surface area (Å²) < 4.78 is 14.3. The maximum Gasteiger partial charge on any atom is 0.138 e. The SMILES string of the molecule is CCCCCN(Cc1cccc(C(=N)N)c1F)C(C)C. The van der Waals surface area contributed by atoms with Gasteiger partial charge in [-0.15, -0.1) is 0 Å². The molecule has 1 rings (SSSR count). The molecule has 0 fully saturated rings. The Morgan fingerprint density at radius 1 is 1.35 bits per heavy atom. The van der Waals surface area contributed by atoms with E-state index in [-0.39, 0.29) is 17.2 Å². The molecule has 0 aliphatic carbocycles. The number of nitrogens with two attached hydrogens (primary N) is 1. The van der Waals surface area contributed by atoms with E-state index in [0.29, 0.717) is 18.2 Å². The van der Waals surface area contributed by atoms with Gasteiger partial charge in [0.05, 0.1) is 5.56 Å². The molecule has 0 heterocycles. The molecule has 1 aromatic carbocycles. The molecule has 0 aliphatic rings. The third kappa shape index (κ3) is 4.60. The van der Waals surface area contributed by atoms with Crippen LogP contribution in [0.3, 0.4) is 0 Å². The van der Waals surface area contributed by atoms with Crippen molar-refractivity contribution < 1.29 is 4.39 Å². The Hall–Kier alpha value is -1.42. The van der Waals surface area contributed by atoms with E-state index in [9.17, 15) is 4.39 Å². The molecule has 0 spiro atoms. The van der Waals surface area contributed by atoms with Gasteiger partial charge in [-0.3, -0.25) is 10.3 Å². The van der Waals surface area contributed by atoms with E-state index in [4.69, 9.17) is 11.1 Å². The van der Waals surface area contributed by atoms with Gasteiger partial charge in [0.15, 0.2) is 0 Å². The van der Waals surface area contributed by atoms with Crippen LogP contribution in [0.15, 0.2) is 18.2 Å². The summed E-state index contributed by atoms with van der Waals surface area (Å²) in [7, 11) is 0. The van der Waals surface area contributed by atoms with Gasteiger partial charge in [0, 0.05) is 18.2 Å².